The number of aromatic nitrogens is 1. The number of nitro groups is 1. The number of nitrogens with zero attached hydrogens (tertiary/aromatic N) is 2. The van der Waals surface area contributed by atoms with Gasteiger partial charge in [0.05, 0.1) is 49.9 Å². The number of alkyl halides is 24. The lowest BCUT2D eigenvalue weighted by molar-refractivity contribution is -0.888. The van der Waals surface area contributed by atoms with Crippen LogP contribution in [0.3, 0.4) is 0 Å². The highest BCUT2D eigenvalue weighted by molar-refractivity contribution is 7.20. The van der Waals surface area contributed by atoms with E-state index in [1.54, 1.807) is 16.1 Å². The highest BCUT2D eigenvalue weighted by Crippen LogP contribution is 2.41. The topological polar surface area (TPSA) is 56.3 Å². The predicted octanol–water partition coefficient (Wildman–Crippen LogP) is 13.3. The highest BCUT2D eigenvalue weighted by Gasteiger charge is 2.47. The number of unbranched alkanes of at least 4 members (excludes halogenated alkanes) is 5. The van der Waals surface area contributed by atoms with Crippen molar-refractivity contribution in [1.82, 2.24) is 0 Å². The van der Waals surface area contributed by atoms with E-state index in [1.807, 2.05) is 17.1 Å². The Balaban J connectivity index is 0.000000589. The van der Waals surface area contributed by atoms with E-state index in [0.717, 1.165) is 38.7 Å². The molecule has 0 bridgehead atoms. The van der Waals surface area contributed by atoms with E-state index in [-0.39, 0.29) is 11.5 Å². The zero-order chi connectivity index (χ0) is 56.3. The van der Waals surface area contributed by atoms with Gasteiger partial charge in [0, 0.05) is 16.1 Å². The first-order valence-corrected chi connectivity index (χ1v) is 21.5. The molecule has 0 aliphatic heterocycles. The molecule has 4 aromatic carbocycles. The molecule has 0 atom stereocenters. The van der Waals surface area contributed by atoms with Crippen LogP contribution >= 0.6 is 11.3 Å². The molecule has 0 aliphatic carbocycles. The van der Waals surface area contributed by atoms with Crippen molar-refractivity contribution in [3.05, 3.63) is 145 Å². The average molecular weight is 1120 g/mol. The fraction of sp³-hybridized carbons (Fsp3) is 0.372. The molecule has 5 aromatic rings. The normalized spacial score (nSPS) is 13.4. The monoisotopic (exact) mass is 1120 g/mol. The highest BCUT2D eigenvalue weighted by atomic mass is 32.1. The smallest absolute Gasteiger partial charge is 0.271 e. The van der Waals surface area contributed by atoms with Crippen LogP contribution in [-0.2, 0) is 49.4 Å². The molecular formula is C43H31BF24N2O3S. The molecule has 31 heteroatoms. The van der Waals surface area contributed by atoms with Gasteiger partial charge >= 0.3 is 49.4 Å². The lowest BCUT2D eigenvalue weighted by atomic mass is 9.12. The van der Waals surface area contributed by atoms with Crippen LogP contribution < -0.4 is 31.4 Å². The van der Waals surface area contributed by atoms with Gasteiger partial charge in [0.1, 0.15) is 6.15 Å². The summed E-state index contributed by atoms with van der Waals surface area (Å²) in [6.07, 6.45) is -46.9. The van der Waals surface area contributed by atoms with Crippen LogP contribution in [0.25, 0.3) is 0 Å². The van der Waals surface area contributed by atoms with Gasteiger partial charge in [-0.15, -0.1) is 0 Å². The van der Waals surface area contributed by atoms with E-state index in [0.29, 0.717) is 6.42 Å². The summed E-state index contributed by atoms with van der Waals surface area (Å²) in [6, 6.07) is -8.81. The minimum absolute atomic E-state index is 0.109. The van der Waals surface area contributed by atoms with Gasteiger partial charge in [-0.2, -0.15) is 127 Å². The van der Waals surface area contributed by atoms with Gasteiger partial charge in [-0.25, -0.2) is 0 Å². The Bertz CT molecular complexity index is 2260. The molecular weight excluding hydrogens is 1090 g/mol. The maximum absolute atomic E-state index is 14.2. The van der Waals surface area contributed by atoms with E-state index >= 15 is 0 Å². The Morgan fingerprint density at radius 3 is 0.865 bits per heavy atom. The lowest BCUT2D eigenvalue weighted by Crippen LogP contribution is -2.75. The van der Waals surface area contributed by atoms with Crippen LogP contribution in [0.5, 0.6) is 0 Å². The first-order valence-electron chi connectivity index (χ1n) is 20.6. The molecule has 0 radical (unpaired) electrons. The van der Waals surface area contributed by atoms with E-state index in [9.17, 15) is 115 Å². The lowest BCUT2D eigenvalue weighted by Gasteiger charge is -2.46. The van der Waals surface area contributed by atoms with Gasteiger partial charge in [0.15, 0.2) is 6.61 Å². The average Bonchev–Trinajstić information content (AvgIpc) is 3.77. The zero-order valence-corrected chi connectivity index (χ0v) is 37.3. The fourth-order valence-electron chi connectivity index (χ4n) is 7.59. The van der Waals surface area contributed by atoms with Crippen LogP contribution in [0.2, 0.25) is 0 Å². The summed E-state index contributed by atoms with van der Waals surface area (Å²) in [6.45, 7) is 0.841. The minimum atomic E-state index is -6.13. The Hall–Kier alpha value is -5.91. The van der Waals surface area contributed by atoms with Gasteiger partial charge < -0.3 is 0 Å². The van der Waals surface area contributed by atoms with Gasteiger partial charge in [-0.3, -0.25) is 15.0 Å². The summed E-state index contributed by atoms with van der Waals surface area (Å²) in [5, 5.41) is 12.0. The molecule has 0 spiro atoms. The van der Waals surface area contributed by atoms with E-state index in [4.69, 9.17) is 4.84 Å². The standard InChI is InChI=1S/C32H12BF24.C11H19N2O3S/c34-25(35,36)13-1-14(26(37,38)39)6-21(5-13)33(22-7-15(27(40,41)42)2-16(8-22)28(43,44)45,23-9-17(29(46,47)48)3-18(10-23)30(49,50)51)24-11-19(31(52,53)54)4-20(12-24)32(55,56)57;14-13(15)7-5-3-1-2-4-6-9-16-12-8-10-17-11-12/h1-12H;8,10-11H,1-7,9H2/q-1;+1. The third kappa shape index (κ3) is 15.8. The number of benzene rings is 4. The van der Waals surface area contributed by atoms with Crippen LogP contribution in [0.15, 0.2) is 89.9 Å². The number of thiazole rings is 1. The molecule has 0 unspecified atom stereocenters. The quantitative estimate of drug-likeness (QED) is 0.0278. The molecule has 5 rings (SSSR count). The zero-order valence-electron chi connectivity index (χ0n) is 36.5. The molecule has 5 nitrogen and oxygen atoms in total. The molecule has 0 saturated carbocycles. The largest absolute Gasteiger partial charge is 0.416 e. The van der Waals surface area contributed by atoms with Gasteiger partial charge in [0.2, 0.25) is 12.7 Å². The second-order valence-corrected chi connectivity index (χ2v) is 16.9. The first kappa shape index (κ1) is 60.6. The van der Waals surface area contributed by atoms with Crippen LogP contribution in [0.1, 0.15) is 83.0 Å². The molecule has 1 heterocycles. The van der Waals surface area contributed by atoms with Gasteiger partial charge in [0.25, 0.3) is 5.51 Å². The number of rotatable bonds is 14. The second kappa shape index (κ2) is 22.1. The molecule has 0 saturated heterocycles. The summed E-state index contributed by atoms with van der Waals surface area (Å²) in [5.41, 5.74) is -28.3. The van der Waals surface area contributed by atoms with Gasteiger partial charge in [-0.1, -0.05) is 72.7 Å². The van der Waals surface area contributed by atoms with Crippen molar-refractivity contribution in [2.24, 2.45) is 0 Å². The number of hydrogen-bond acceptors (Lipinski definition) is 4. The Kier molecular flexibility index (Phi) is 18.1. The van der Waals surface area contributed by atoms with Crippen molar-refractivity contribution < 1.29 is 120 Å². The van der Waals surface area contributed by atoms with E-state index in [1.165, 1.54) is 0 Å². The second-order valence-electron chi connectivity index (χ2n) is 16.1. The van der Waals surface area contributed by atoms with Crippen LogP contribution in [0, 0.1) is 10.1 Å². The molecule has 408 valence electrons. The van der Waals surface area contributed by atoms with E-state index in [2.05, 4.69) is 0 Å². The molecule has 74 heavy (non-hydrogen) atoms. The van der Waals surface area contributed by atoms with E-state index < -0.39 is 195 Å². The fourth-order valence-corrected chi connectivity index (χ4v) is 8.10. The van der Waals surface area contributed by atoms with Crippen molar-refractivity contribution in [3.63, 3.8) is 0 Å². The maximum atomic E-state index is 14.2. The molecule has 0 amide bonds. The molecule has 0 N–H and O–H groups in total. The summed E-state index contributed by atoms with van der Waals surface area (Å²) in [4.78, 5) is 15.3. The Morgan fingerprint density at radius 1 is 0.405 bits per heavy atom. The number of halogens is 24. The summed E-state index contributed by atoms with van der Waals surface area (Å²) in [5.74, 6) is 0. The summed E-state index contributed by atoms with van der Waals surface area (Å²) < 4.78 is 343. The first-order chi connectivity index (χ1) is 33.5. The maximum Gasteiger partial charge on any atom is 0.416 e. The van der Waals surface area contributed by atoms with Crippen molar-refractivity contribution in [2.75, 3.05) is 13.2 Å². The number of hydrogen-bond donors (Lipinski definition) is 0. The van der Waals surface area contributed by atoms with Crippen molar-refractivity contribution in [3.8, 4) is 0 Å². The van der Waals surface area contributed by atoms with Crippen molar-refractivity contribution in [2.45, 2.75) is 87.9 Å². The van der Waals surface area contributed by atoms with Crippen LogP contribution in [-0.4, -0.2) is 24.2 Å². The third-order valence-corrected chi connectivity index (χ3v) is 11.5. The summed E-state index contributed by atoms with van der Waals surface area (Å²) >= 11 is 1.60. The molecule has 0 fully saturated rings. The van der Waals surface area contributed by atoms with Crippen molar-refractivity contribution in [1.29, 1.82) is 0 Å². The van der Waals surface area contributed by atoms with Crippen molar-refractivity contribution >= 4 is 39.3 Å². The summed E-state index contributed by atoms with van der Waals surface area (Å²) in [7, 11) is 0. The van der Waals surface area contributed by atoms with Crippen LogP contribution in [0.4, 0.5) is 105 Å². The SMILES string of the molecule is FC(F)(F)c1cc([B-](c2cc(C(F)(F)F)cc(C(F)(F)F)c2)(c2cc(C(F)(F)F)cc(C(F)(F)F)c2)c2cc(C(F)(F)F)cc(C(F)(F)F)c2)cc(C(F)(F)F)c1.O=[N+]([O-])CCCCCCCCO[n+]1ccsc1. The molecule has 0 aliphatic rings. The molecule has 1 aromatic heterocycles. The minimum Gasteiger partial charge on any atom is -0.271 e. The van der Waals surface area contributed by atoms with Gasteiger partial charge in [-0.05, 0) is 43.5 Å². The third-order valence-electron chi connectivity index (χ3n) is 10.9. The predicted molar refractivity (Wildman–Crippen MR) is 216 cm³/mol. The Morgan fingerprint density at radius 2 is 0.649 bits per heavy atom. The Labute approximate surface area is 404 Å².